The molecule has 0 radical (unpaired) electrons. The highest BCUT2D eigenvalue weighted by molar-refractivity contribution is 8.76. The molecule has 4 heteroatoms. The summed E-state index contributed by atoms with van der Waals surface area (Å²) in [5.41, 5.74) is 0. The number of nitrogens with one attached hydrogen (secondary N) is 1. The van der Waals surface area contributed by atoms with Crippen molar-refractivity contribution in [2.45, 2.75) is 20.3 Å². The van der Waals surface area contributed by atoms with E-state index in [1.54, 1.807) is 10.8 Å². The van der Waals surface area contributed by atoms with Crippen molar-refractivity contribution >= 4 is 27.4 Å². The highest BCUT2D eigenvalue weighted by Crippen LogP contribution is 2.21. The first kappa shape index (κ1) is 13.3. The van der Waals surface area contributed by atoms with Crippen molar-refractivity contribution in [2.75, 3.05) is 25.1 Å². The first-order valence-electron chi connectivity index (χ1n) is 4.60. The third kappa shape index (κ3) is 8.65. The van der Waals surface area contributed by atoms with Crippen LogP contribution in [0.2, 0.25) is 0 Å². The van der Waals surface area contributed by atoms with Gasteiger partial charge in [0, 0.05) is 30.4 Å². The molecule has 0 rings (SSSR count). The van der Waals surface area contributed by atoms with Crippen LogP contribution in [-0.2, 0) is 4.79 Å². The molecule has 0 amide bonds. The fourth-order valence-electron chi connectivity index (χ4n) is 0.693. The van der Waals surface area contributed by atoms with Crippen molar-refractivity contribution in [1.82, 2.24) is 5.32 Å². The van der Waals surface area contributed by atoms with E-state index in [1.807, 2.05) is 31.7 Å². The van der Waals surface area contributed by atoms with Crippen LogP contribution in [0.15, 0.2) is 0 Å². The molecule has 0 bridgehead atoms. The molecule has 0 aromatic carbocycles. The minimum absolute atomic E-state index is 0.197. The summed E-state index contributed by atoms with van der Waals surface area (Å²) < 4.78 is 0. The monoisotopic (exact) mass is 221 g/mol. The van der Waals surface area contributed by atoms with Gasteiger partial charge >= 0.3 is 0 Å². The molecular weight excluding hydrogens is 202 g/mol. The quantitative estimate of drug-likeness (QED) is 0.502. The highest BCUT2D eigenvalue weighted by atomic mass is 33.1. The van der Waals surface area contributed by atoms with Gasteiger partial charge in [0.15, 0.2) is 0 Å². The molecular formula is C9H19NOS2. The Labute approximate surface area is 89.0 Å². The summed E-state index contributed by atoms with van der Waals surface area (Å²) in [4.78, 5) is 11.2. The van der Waals surface area contributed by atoms with E-state index in [-0.39, 0.29) is 5.92 Å². The number of carbonyl (C=O) groups is 1. The molecule has 0 aliphatic rings. The van der Waals surface area contributed by atoms with Crippen molar-refractivity contribution in [1.29, 1.82) is 0 Å². The lowest BCUT2D eigenvalue weighted by atomic mass is 10.1. The Morgan fingerprint density at radius 3 is 2.46 bits per heavy atom. The number of hydrogen-bond acceptors (Lipinski definition) is 4. The summed E-state index contributed by atoms with van der Waals surface area (Å²) in [5, 5.41) is 3.08. The van der Waals surface area contributed by atoms with E-state index in [0.29, 0.717) is 5.78 Å². The molecule has 2 nitrogen and oxygen atoms in total. The van der Waals surface area contributed by atoms with E-state index in [4.69, 9.17) is 0 Å². The number of Topliss-reactive ketones (excluding diaryl/α,β-unsaturated/α-hetero) is 1. The van der Waals surface area contributed by atoms with Gasteiger partial charge in [-0.25, -0.2) is 0 Å². The molecule has 13 heavy (non-hydrogen) atoms. The largest absolute Gasteiger partial charge is 0.319 e. The fraction of sp³-hybridized carbons (Fsp3) is 0.889. The maximum atomic E-state index is 11.2. The number of ketones is 1. The maximum absolute atomic E-state index is 11.2. The highest BCUT2D eigenvalue weighted by Gasteiger charge is 2.05. The summed E-state index contributed by atoms with van der Waals surface area (Å²) in [6.45, 7) is 4.96. The normalized spacial score (nSPS) is 10.8. The molecule has 78 valence electrons. The average Bonchev–Trinajstić information content (AvgIpc) is 2.10. The molecule has 0 unspecified atom stereocenters. The zero-order chi connectivity index (χ0) is 10.1. The summed E-state index contributed by atoms with van der Waals surface area (Å²) in [7, 11) is 5.58. The van der Waals surface area contributed by atoms with E-state index >= 15 is 0 Å². The molecule has 0 saturated carbocycles. The van der Waals surface area contributed by atoms with Gasteiger partial charge in [0.1, 0.15) is 5.78 Å². The van der Waals surface area contributed by atoms with Crippen LogP contribution in [0.5, 0.6) is 0 Å². The van der Waals surface area contributed by atoms with Crippen molar-refractivity contribution in [3.05, 3.63) is 0 Å². The lowest BCUT2D eigenvalue weighted by Gasteiger charge is -2.03. The van der Waals surface area contributed by atoms with Crippen LogP contribution in [-0.4, -0.2) is 30.9 Å². The summed E-state index contributed by atoms with van der Waals surface area (Å²) in [6.07, 6.45) is 0.717. The zero-order valence-electron chi connectivity index (χ0n) is 8.63. The average molecular weight is 221 g/mol. The zero-order valence-corrected chi connectivity index (χ0v) is 10.3. The smallest absolute Gasteiger partial charge is 0.136 e. The Balaban J connectivity index is 3.12. The van der Waals surface area contributed by atoms with E-state index < -0.39 is 0 Å². The number of rotatable bonds is 8. The van der Waals surface area contributed by atoms with Crippen LogP contribution in [0.4, 0.5) is 0 Å². The van der Waals surface area contributed by atoms with Crippen LogP contribution >= 0.6 is 21.6 Å². The van der Waals surface area contributed by atoms with E-state index in [1.165, 1.54) is 0 Å². The van der Waals surface area contributed by atoms with Crippen molar-refractivity contribution in [3.63, 3.8) is 0 Å². The second kappa shape index (κ2) is 8.91. The lowest BCUT2D eigenvalue weighted by Crippen LogP contribution is -2.09. The Kier molecular flexibility index (Phi) is 9.13. The second-order valence-electron chi connectivity index (χ2n) is 3.12. The fourth-order valence-corrected chi connectivity index (χ4v) is 2.71. The lowest BCUT2D eigenvalue weighted by molar-refractivity contribution is -0.121. The Bertz CT molecular complexity index is 140. The predicted octanol–water partition coefficient (Wildman–Crippen LogP) is 2.20. The van der Waals surface area contributed by atoms with Crippen LogP contribution in [0.25, 0.3) is 0 Å². The maximum Gasteiger partial charge on any atom is 0.136 e. The van der Waals surface area contributed by atoms with Gasteiger partial charge in [0.05, 0.1) is 0 Å². The first-order chi connectivity index (χ1) is 6.18. The van der Waals surface area contributed by atoms with Crippen LogP contribution in [0.3, 0.4) is 0 Å². The number of carbonyl (C=O) groups excluding carboxylic acids is 1. The molecule has 0 aromatic rings. The predicted molar refractivity (Wildman–Crippen MR) is 63.3 cm³/mol. The molecule has 0 aliphatic carbocycles. The van der Waals surface area contributed by atoms with Gasteiger partial charge < -0.3 is 5.32 Å². The van der Waals surface area contributed by atoms with Gasteiger partial charge in [0.2, 0.25) is 0 Å². The van der Waals surface area contributed by atoms with E-state index in [2.05, 4.69) is 5.32 Å². The Morgan fingerprint density at radius 2 is 1.92 bits per heavy atom. The van der Waals surface area contributed by atoms with Gasteiger partial charge in [-0.1, -0.05) is 35.4 Å². The van der Waals surface area contributed by atoms with E-state index in [0.717, 1.165) is 24.5 Å². The molecule has 0 spiro atoms. The van der Waals surface area contributed by atoms with Crippen molar-refractivity contribution < 1.29 is 4.79 Å². The summed E-state index contributed by atoms with van der Waals surface area (Å²) in [6, 6.07) is 0. The van der Waals surface area contributed by atoms with Gasteiger partial charge in [-0.2, -0.15) is 0 Å². The third-order valence-electron chi connectivity index (χ3n) is 1.59. The molecule has 0 fully saturated rings. The summed E-state index contributed by atoms with van der Waals surface area (Å²) >= 11 is 0. The van der Waals surface area contributed by atoms with Gasteiger partial charge in [-0.15, -0.1) is 0 Å². The molecule has 0 atom stereocenters. The first-order valence-corrected chi connectivity index (χ1v) is 7.09. The van der Waals surface area contributed by atoms with Gasteiger partial charge in [-0.05, 0) is 7.05 Å². The Hall–Kier alpha value is 0.330. The molecule has 1 N–H and O–H groups in total. The minimum Gasteiger partial charge on any atom is -0.319 e. The third-order valence-corrected chi connectivity index (χ3v) is 4.00. The van der Waals surface area contributed by atoms with Gasteiger partial charge in [-0.3, -0.25) is 4.79 Å². The minimum atomic E-state index is 0.197. The molecule has 0 aromatic heterocycles. The van der Waals surface area contributed by atoms with Crippen molar-refractivity contribution in [2.24, 2.45) is 5.92 Å². The Morgan fingerprint density at radius 1 is 1.31 bits per heavy atom. The number of hydrogen-bond donors (Lipinski definition) is 1. The topological polar surface area (TPSA) is 29.1 Å². The van der Waals surface area contributed by atoms with Crippen molar-refractivity contribution in [3.8, 4) is 0 Å². The summed E-state index contributed by atoms with van der Waals surface area (Å²) in [5.74, 6) is 2.63. The second-order valence-corrected chi connectivity index (χ2v) is 5.82. The molecule has 0 heterocycles. The molecule has 0 saturated heterocycles. The van der Waals surface area contributed by atoms with E-state index in [9.17, 15) is 4.79 Å². The standard InChI is InChI=1S/C9H19NOS2/c1-8(2)9(11)4-6-12-13-7-5-10-3/h8,10H,4-7H2,1-3H3. The van der Waals surface area contributed by atoms with Crippen LogP contribution in [0.1, 0.15) is 20.3 Å². The van der Waals surface area contributed by atoms with Crippen LogP contribution < -0.4 is 5.32 Å². The van der Waals surface area contributed by atoms with Gasteiger partial charge in [0.25, 0.3) is 0 Å². The van der Waals surface area contributed by atoms with Crippen LogP contribution in [0, 0.1) is 5.92 Å². The SMILES string of the molecule is CNCCSSCCC(=O)C(C)C. The molecule has 0 aliphatic heterocycles.